The Bertz CT molecular complexity index is 391. The fraction of sp³-hybridized carbons (Fsp3) is 0.571. The van der Waals surface area contributed by atoms with Gasteiger partial charge in [0.1, 0.15) is 6.61 Å². The van der Waals surface area contributed by atoms with Crippen molar-refractivity contribution in [3.05, 3.63) is 17.7 Å². The second-order valence-corrected chi connectivity index (χ2v) is 4.48. The Kier molecular flexibility index (Phi) is 4.87. The molecule has 1 unspecified atom stereocenters. The van der Waals surface area contributed by atoms with E-state index in [4.69, 9.17) is 24.7 Å². The zero-order valence-electron chi connectivity index (χ0n) is 11.5. The molecule has 1 aromatic rings. The summed E-state index contributed by atoms with van der Waals surface area (Å²) in [6, 6.07) is 3.74. The van der Waals surface area contributed by atoms with Crippen LogP contribution < -0.4 is 19.9 Å². The maximum absolute atomic E-state index is 5.82. The highest BCUT2D eigenvalue weighted by atomic mass is 16.6. The molecule has 1 atom stereocenters. The van der Waals surface area contributed by atoms with Crippen LogP contribution in [0.2, 0.25) is 0 Å². The number of ether oxygens (including phenoxy) is 4. The number of nitrogens with two attached hydrogens (primary N) is 1. The first-order valence-electron chi connectivity index (χ1n) is 6.47. The summed E-state index contributed by atoms with van der Waals surface area (Å²) in [6.45, 7) is 1.75. The van der Waals surface area contributed by atoms with Gasteiger partial charge in [0.05, 0.1) is 20.3 Å². The lowest BCUT2D eigenvalue weighted by Gasteiger charge is -2.17. The first-order chi connectivity index (χ1) is 9.28. The van der Waals surface area contributed by atoms with E-state index in [-0.39, 0.29) is 6.10 Å². The van der Waals surface area contributed by atoms with E-state index in [9.17, 15) is 0 Å². The minimum Gasteiger partial charge on any atom is -0.493 e. The third-order valence-corrected chi connectivity index (χ3v) is 3.19. The fourth-order valence-electron chi connectivity index (χ4n) is 2.15. The van der Waals surface area contributed by atoms with Gasteiger partial charge in [0.2, 0.25) is 5.75 Å². The lowest BCUT2D eigenvalue weighted by atomic mass is 10.2. The lowest BCUT2D eigenvalue weighted by Crippen LogP contribution is -2.17. The van der Waals surface area contributed by atoms with E-state index in [2.05, 4.69) is 0 Å². The molecule has 0 saturated carbocycles. The molecule has 1 aliphatic heterocycles. The molecule has 5 heteroatoms. The third kappa shape index (κ3) is 3.30. The van der Waals surface area contributed by atoms with E-state index in [0.29, 0.717) is 30.4 Å². The van der Waals surface area contributed by atoms with Crippen LogP contribution >= 0.6 is 0 Å². The number of benzene rings is 1. The predicted octanol–water partition coefficient (Wildman–Crippen LogP) is 1.72. The summed E-state index contributed by atoms with van der Waals surface area (Å²) in [5.74, 6) is 1.88. The SMILES string of the molecule is COc1cc(CN)cc(OC)c1OCC1CCCO1. The van der Waals surface area contributed by atoms with Crippen LogP contribution in [0.15, 0.2) is 12.1 Å². The molecular weight excluding hydrogens is 246 g/mol. The van der Waals surface area contributed by atoms with Gasteiger partial charge < -0.3 is 24.7 Å². The molecule has 0 aromatic heterocycles. The molecule has 5 nitrogen and oxygen atoms in total. The van der Waals surface area contributed by atoms with Crippen molar-refractivity contribution in [1.29, 1.82) is 0 Å². The smallest absolute Gasteiger partial charge is 0.203 e. The van der Waals surface area contributed by atoms with Crippen LogP contribution in [0.1, 0.15) is 18.4 Å². The van der Waals surface area contributed by atoms with Gasteiger partial charge in [0, 0.05) is 13.2 Å². The van der Waals surface area contributed by atoms with E-state index in [0.717, 1.165) is 25.0 Å². The van der Waals surface area contributed by atoms with Gasteiger partial charge in [-0.1, -0.05) is 0 Å². The van der Waals surface area contributed by atoms with Crippen LogP contribution in [0.25, 0.3) is 0 Å². The Labute approximate surface area is 113 Å². The Balaban J connectivity index is 2.16. The van der Waals surface area contributed by atoms with Gasteiger partial charge in [-0.25, -0.2) is 0 Å². The van der Waals surface area contributed by atoms with Gasteiger partial charge in [-0.3, -0.25) is 0 Å². The third-order valence-electron chi connectivity index (χ3n) is 3.19. The molecule has 2 N–H and O–H groups in total. The van der Waals surface area contributed by atoms with Crippen LogP contribution in [0, 0.1) is 0 Å². The zero-order chi connectivity index (χ0) is 13.7. The molecule has 0 radical (unpaired) electrons. The molecule has 0 amide bonds. The summed E-state index contributed by atoms with van der Waals surface area (Å²) in [6.07, 6.45) is 2.28. The second-order valence-electron chi connectivity index (χ2n) is 4.48. The van der Waals surface area contributed by atoms with Crippen molar-refractivity contribution in [2.24, 2.45) is 5.73 Å². The first-order valence-corrected chi connectivity index (χ1v) is 6.47. The van der Waals surface area contributed by atoms with Crippen LogP contribution in [0.3, 0.4) is 0 Å². The zero-order valence-corrected chi connectivity index (χ0v) is 11.5. The number of hydrogen-bond acceptors (Lipinski definition) is 5. The van der Waals surface area contributed by atoms with Gasteiger partial charge in [-0.15, -0.1) is 0 Å². The van der Waals surface area contributed by atoms with Gasteiger partial charge in [0.25, 0.3) is 0 Å². The lowest BCUT2D eigenvalue weighted by molar-refractivity contribution is 0.0659. The van der Waals surface area contributed by atoms with E-state index < -0.39 is 0 Å². The summed E-state index contributed by atoms with van der Waals surface area (Å²) in [7, 11) is 3.21. The average Bonchev–Trinajstić information content (AvgIpc) is 2.97. The summed E-state index contributed by atoms with van der Waals surface area (Å²) < 4.78 is 22.0. The van der Waals surface area contributed by atoms with Crippen molar-refractivity contribution in [2.75, 3.05) is 27.4 Å². The van der Waals surface area contributed by atoms with Gasteiger partial charge >= 0.3 is 0 Å². The molecule has 0 bridgehead atoms. The molecule has 1 saturated heterocycles. The van der Waals surface area contributed by atoms with Crippen molar-refractivity contribution >= 4 is 0 Å². The maximum atomic E-state index is 5.82. The summed E-state index contributed by atoms with van der Waals surface area (Å²) in [5.41, 5.74) is 6.59. The van der Waals surface area contributed by atoms with Crippen LogP contribution in [0.5, 0.6) is 17.2 Å². The van der Waals surface area contributed by atoms with Crippen molar-refractivity contribution in [3.63, 3.8) is 0 Å². The van der Waals surface area contributed by atoms with Gasteiger partial charge in [-0.05, 0) is 30.5 Å². The van der Waals surface area contributed by atoms with E-state index >= 15 is 0 Å². The molecule has 0 spiro atoms. The Hall–Kier alpha value is -1.46. The summed E-state index contributed by atoms with van der Waals surface area (Å²) in [5, 5.41) is 0. The maximum Gasteiger partial charge on any atom is 0.203 e. The Morgan fingerprint density at radius 2 is 1.95 bits per heavy atom. The molecule has 19 heavy (non-hydrogen) atoms. The number of rotatable bonds is 6. The van der Waals surface area contributed by atoms with Crippen LogP contribution in [0.4, 0.5) is 0 Å². The van der Waals surface area contributed by atoms with Crippen LogP contribution in [-0.4, -0.2) is 33.5 Å². The van der Waals surface area contributed by atoms with Gasteiger partial charge in [-0.2, -0.15) is 0 Å². The van der Waals surface area contributed by atoms with Crippen molar-refractivity contribution in [3.8, 4) is 17.2 Å². The molecule has 1 heterocycles. The predicted molar refractivity (Wildman–Crippen MR) is 71.9 cm³/mol. The van der Waals surface area contributed by atoms with E-state index in [1.165, 1.54) is 0 Å². The molecule has 1 aromatic carbocycles. The van der Waals surface area contributed by atoms with E-state index in [1.807, 2.05) is 12.1 Å². The summed E-state index contributed by atoms with van der Waals surface area (Å²) in [4.78, 5) is 0. The van der Waals surface area contributed by atoms with Crippen LogP contribution in [-0.2, 0) is 11.3 Å². The molecule has 106 valence electrons. The first kappa shape index (κ1) is 14.0. The largest absolute Gasteiger partial charge is 0.493 e. The number of methoxy groups -OCH3 is 2. The van der Waals surface area contributed by atoms with E-state index in [1.54, 1.807) is 14.2 Å². The quantitative estimate of drug-likeness (QED) is 0.850. The molecule has 2 rings (SSSR count). The molecule has 1 fully saturated rings. The standard InChI is InChI=1S/C14H21NO4/c1-16-12-6-10(8-15)7-13(17-2)14(12)19-9-11-4-3-5-18-11/h6-7,11H,3-5,8-9,15H2,1-2H3. The average molecular weight is 267 g/mol. The number of hydrogen-bond donors (Lipinski definition) is 1. The van der Waals surface area contributed by atoms with Crippen molar-refractivity contribution in [1.82, 2.24) is 0 Å². The Morgan fingerprint density at radius 3 is 2.42 bits per heavy atom. The molecule has 1 aliphatic rings. The summed E-state index contributed by atoms with van der Waals surface area (Å²) >= 11 is 0. The molecule has 0 aliphatic carbocycles. The van der Waals surface area contributed by atoms with Crippen molar-refractivity contribution < 1.29 is 18.9 Å². The van der Waals surface area contributed by atoms with Gasteiger partial charge in [0.15, 0.2) is 11.5 Å². The minimum absolute atomic E-state index is 0.156. The second kappa shape index (κ2) is 6.63. The van der Waals surface area contributed by atoms with Crippen molar-refractivity contribution in [2.45, 2.75) is 25.5 Å². The topological polar surface area (TPSA) is 62.9 Å². The molecular formula is C14H21NO4. The highest BCUT2D eigenvalue weighted by Gasteiger charge is 2.19. The normalized spacial score (nSPS) is 18.4. The highest BCUT2D eigenvalue weighted by Crippen LogP contribution is 2.38. The highest BCUT2D eigenvalue weighted by molar-refractivity contribution is 5.53. The fourth-order valence-corrected chi connectivity index (χ4v) is 2.15. The Morgan fingerprint density at radius 1 is 1.26 bits per heavy atom. The minimum atomic E-state index is 0.156. The monoisotopic (exact) mass is 267 g/mol.